The number of rotatable bonds is 5. The minimum atomic E-state index is 0.243. The number of nitrogens with zero attached hydrogens (tertiary/aromatic N) is 1. The molecule has 1 atom stereocenters. The molecule has 1 unspecified atom stereocenters. The molecule has 2 rings (SSSR count). The first-order valence-corrected chi connectivity index (χ1v) is 7.16. The number of aromatic nitrogens is 1. The summed E-state index contributed by atoms with van der Waals surface area (Å²) in [4.78, 5) is 17.8. The Morgan fingerprint density at radius 3 is 2.95 bits per heavy atom. The van der Waals surface area contributed by atoms with Crippen LogP contribution in [-0.2, 0) is 0 Å². The average molecular weight is 263 g/mol. The zero-order valence-electron chi connectivity index (χ0n) is 12.3. The van der Waals surface area contributed by atoms with Crippen LogP contribution in [0.4, 0.5) is 0 Å². The molecule has 106 valence electrons. The van der Waals surface area contributed by atoms with E-state index in [1.54, 1.807) is 0 Å². The first-order chi connectivity index (χ1) is 9.10. The highest BCUT2D eigenvalue weighted by Crippen LogP contribution is 2.17. The van der Waals surface area contributed by atoms with E-state index in [4.69, 9.17) is 0 Å². The number of likely N-dealkylation sites (tertiary alicyclic amines) is 1. The van der Waals surface area contributed by atoms with E-state index in [9.17, 15) is 4.79 Å². The van der Waals surface area contributed by atoms with Gasteiger partial charge >= 0.3 is 0 Å². The van der Waals surface area contributed by atoms with Crippen molar-refractivity contribution in [3.63, 3.8) is 0 Å². The SMILES string of the molecule is CNCC1CCCN(CC(=O)c2cc(C)[nH]c2C)C1. The molecule has 1 fully saturated rings. The Morgan fingerprint density at radius 2 is 2.32 bits per heavy atom. The summed E-state index contributed by atoms with van der Waals surface area (Å²) in [6, 6.07) is 1.96. The van der Waals surface area contributed by atoms with Crippen LogP contribution in [0.5, 0.6) is 0 Å². The van der Waals surface area contributed by atoms with Gasteiger partial charge in [0.2, 0.25) is 0 Å². The van der Waals surface area contributed by atoms with E-state index < -0.39 is 0 Å². The predicted octanol–water partition coefficient (Wildman–Crippen LogP) is 1.75. The Labute approximate surface area is 115 Å². The van der Waals surface area contributed by atoms with Gasteiger partial charge in [-0.05, 0) is 58.8 Å². The summed E-state index contributed by atoms with van der Waals surface area (Å²) >= 11 is 0. The molecule has 4 heteroatoms. The molecule has 1 saturated heterocycles. The van der Waals surface area contributed by atoms with Gasteiger partial charge in [0.05, 0.1) is 6.54 Å². The minimum Gasteiger partial charge on any atom is -0.362 e. The quantitative estimate of drug-likeness (QED) is 0.796. The van der Waals surface area contributed by atoms with E-state index in [1.165, 1.54) is 12.8 Å². The molecule has 2 N–H and O–H groups in total. The summed E-state index contributed by atoms with van der Waals surface area (Å²) in [5.74, 6) is 0.924. The van der Waals surface area contributed by atoms with E-state index in [0.29, 0.717) is 12.5 Å². The van der Waals surface area contributed by atoms with Gasteiger partial charge in [0, 0.05) is 23.5 Å². The summed E-state index contributed by atoms with van der Waals surface area (Å²) in [5, 5.41) is 3.24. The molecule has 0 spiro atoms. The van der Waals surface area contributed by atoms with Gasteiger partial charge in [-0.15, -0.1) is 0 Å². The summed E-state index contributed by atoms with van der Waals surface area (Å²) in [5.41, 5.74) is 2.91. The normalized spacial score (nSPS) is 20.7. The van der Waals surface area contributed by atoms with E-state index in [0.717, 1.165) is 36.6 Å². The molecule has 1 aromatic rings. The molecule has 0 aromatic carbocycles. The van der Waals surface area contributed by atoms with Crippen LogP contribution >= 0.6 is 0 Å². The second-order valence-corrected chi connectivity index (χ2v) is 5.72. The molecule has 1 aliphatic heterocycles. The molecular formula is C15H25N3O. The Bertz CT molecular complexity index is 437. The Balaban J connectivity index is 1.93. The highest BCUT2D eigenvalue weighted by Gasteiger charge is 2.22. The van der Waals surface area contributed by atoms with E-state index in [2.05, 4.69) is 15.2 Å². The summed E-state index contributed by atoms with van der Waals surface area (Å²) in [6.07, 6.45) is 2.47. The van der Waals surface area contributed by atoms with Crippen LogP contribution in [0.3, 0.4) is 0 Å². The van der Waals surface area contributed by atoms with Crippen molar-refractivity contribution < 1.29 is 4.79 Å². The molecule has 0 bridgehead atoms. The van der Waals surface area contributed by atoms with Crippen molar-refractivity contribution >= 4 is 5.78 Å². The van der Waals surface area contributed by atoms with Crippen LogP contribution in [-0.4, -0.2) is 48.9 Å². The Kier molecular flexibility index (Phi) is 4.77. The number of nitrogens with one attached hydrogen (secondary N) is 2. The number of ketones is 1. The van der Waals surface area contributed by atoms with Crippen molar-refractivity contribution in [3.8, 4) is 0 Å². The molecule has 0 aliphatic carbocycles. The van der Waals surface area contributed by atoms with Crippen LogP contribution in [0.25, 0.3) is 0 Å². The summed E-state index contributed by atoms with van der Waals surface area (Å²) in [6.45, 7) is 7.66. The fraction of sp³-hybridized carbons (Fsp3) is 0.667. The minimum absolute atomic E-state index is 0.243. The van der Waals surface area contributed by atoms with Crippen LogP contribution in [0.15, 0.2) is 6.07 Å². The number of aromatic amines is 1. The zero-order valence-corrected chi connectivity index (χ0v) is 12.3. The Morgan fingerprint density at radius 1 is 1.53 bits per heavy atom. The standard InChI is InChI=1S/C15H25N3O/c1-11-7-14(12(2)17-11)15(19)10-18-6-4-5-13(9-18)8-16-3/h7,13,16-17H,4-6,8-10H2,1-3H3. The van der Waals surface area contributed by atoms with Crippen molar-refractivity contribution in [3.05, 3.63) is 23.0 Å². The molecule has 1 aromatic heterocycles. The number of carbonyl (C=O) groups is 1. The predicted molar refractivity (Wildman–Crippen MR) is 77.7 cm³/mol. The third-order valence-electron chi connectivity index (χ3n) is 3.91. The lowest BCUT2D eigenvalue weighted by molar-refractivity contribution is 0.0886. The molecule has 2 heterocycles. The van der Waals surface area contributed by atoms with Gasteiger partial charge in [-0.1, -0.05) is 0 Å². The number of H-pyrrole nitrogens is 1. The van der Waals surface area contributed by atoms with Crippen LogP contribution in [0.1, 0.15) is 34.6 Å². The molecule has 1 aliphatic rings. The number of hydrogen-bond acceptors (Lipinski definition) is 3. The van der Waals surface area contributed by atoms with Crippen molar-refractivity contribution in [1.82, 2.24) is 15.2 Å². The molecule has 0 amide bonds. The van der Waals surface area contributed by atoms with E-state index in [1.807, 2.05) is 27.0 Å². The molecule has 0 saturated carbocycles. The second-order valence-electron chi connectivity index (χ2n) is 5.72. The largest absolute Gasteiger partial charge is 0.362 e. The fourth-order valence-corrected chi connectivity index (χ4v) is 3.05. The topological polar surface area (TPSA) is 48.1 Å². The van der Waals surface area contributed by atoms with Gasteiger partial charge in [0.15, 0.2) is 5.78 Å². The van der Waals surface area contributed by atoms with Crippen molar-refractivity contribution in [2.75, 3.05) is 33.2 Å². The maximum Gasteiger partial charge on any atom is 0.178 e. The molecule has 0 radical (unpaired) electrons. The van der Waals surface area contributed by atoms with Gasteiger partial charge in [-0.2, -0.15) is 0 Å². The zero-order chi connectivity index (χ0) is 13.8. The van der Waals surface area contributed by atoms with E-state index in [-0.39, 0.29) is 5.78 Å². The highest BCUT2D eigenvalue weighted by atomic mass is 16.1. The van der Waals surface area contributed by atoms with Crippen molar-refractivity contribution in [2.45, 2.75) is 26.7 Å². The number of carbonyl (C=O) groups excluding carboxylic acids is 1. The van der Waals surface area contributed by atoms with Crippen LogP contribution < -0.4 is 5.32 Å². The summed E-state index contributed by atoms with van der Waals surface area (Å²) < 4.78 is 0. The number of hydrogen-bond donors (Lipinski definition) is 2. The molecular weight excluding hydrogens is 238 g/mol. The van der Waals surface area contributed by atoms with Gasteiger partial charge in [-0.25, -0.2) is 0 Å². The fourth-order valence-electron chi connectivity index (χ4n) is 3.05. The van der Waals surface area contributed by atoms with Gasteiger partial charge in [0.1, 0.15) is 0 Å². The number of aryl methyl sites for hydroxylation is 2. The van der Waals surface area contributed by atoms with Crippen LogP contribution in [0, 0.1) is 19.8 Å². The van der Waals surface area contributed by atoms with Crippen LogP contribution in [0.2, 0.25) is 0 Å². The van der Waals surface area contributed by atoms with Crippen molar-refractivity contribution in [1.29, 1.82) is 0 Å². The van der Waals surface area contributed by atoms with Gasteiger partial charge in [-0.3, -0.25) is 9.69 Å². The first-order valence-electron chi connectivity index (χ1n) is 7.16. The second kappa shape index (κ2) is 6.35. The van der Waals surface area contributed by atoms with Gasteiger partial charge < -0.3 is 10.3 Å². The molecule has 4 nitrogen and oxygen atoms in total. The smallest absolute Gasteiger partial charge is 0.178 e. The third-order valence-corrected chi connectivity index (χ3v) is 3.91. The summed E-state index contributed by atoms with van der Waals surface area (Å²) in [7, 11) is 2.00. The van der Waals surface area contributed by atoms with E-state index >= 15 is 0 Å². The first kappa shape index (κ1) is 14.3. The average Bonchev–Trinajstić information content (AvgIpc) is 2.69. The lowest BCUT2D eigenvalue weighted by atomic mass is 9.97. The third kappa shape index (κ3) is 3.67. The number of piperidine rings is 1. The monoisotopic (exact) mass is 263 g/mol. The Hall–Kier alpha value is -1.13. The lowest BCUT2D eigenvalue weighted by Gasteiger charge is -2.32. The maximum atomic E-state index is 12.3. The van der Waals surface area contributed by atoms with Crippen molar-refractivity contribution in [2.24, 2.45) is 5.92 Å². The number of Topliss-reactive ketones (excluding diaryl/α,β-unsaturated/α-hetero) is 1. The highest BCUT2D eigenvalue weighted by molar-refractivity contribution is 5.98. The van der Waals surface area contributed by atoms with Gasteiger partial charge in [0.25, 0.3) is 0 Å². The molecule has 19 heavy (non-hydrogen) atoms. The lowest BCUT2D eigenvalue weighted by Crippen LogP contribution is -2.41. The maximum absolute atomic E-state index is 12.3.